The Morgan fingerprint density at radius 3 is 2.63 bits per heavy atom. The molecule has 0 saturated heterocycles. The van der Waals surface area contributed by atoms with Crippen LogP contribution in [0.15, 0.2) is 35.3 Å². The predicted molar refractivity (Wildman–Crippen MR) is 72.7 cm³/mol. The summed E-state index contributed by atoms with van der Waals surface area (Å²) >= 11 is 0. The highest BCUT2D eigenvalue weighted by Crippen LogP contribution is 2.20. The Hall–Kier alpha value is -1.40. The van der Waals surface area contributed by atoms with Gasteiger partial charge < -0.3 is 4.74 Å². The summed E-state index contributed by atoms with van der Waals surface area (Å²) in [4.78, 5) is 4.48. The molecule has 0 N–H and O–H groups in total. The summed E-state index contributed by atoms with van der Waals surface area (Å²) in [5.41, 5.74) is 0.931. The number of benzene rings is 1. The monoisotopic (exact) mass is 283 g/mol. The van der Waals surface area contributed by atoms with Crippen LogP contribution in [0.25, 0.3) is 0 Å². The third kappa shape index (κ3) is 4.04. The molecule has 5 nitrogen and oxygen atoms in total. The van der Waals surface area contributed by atoms with Crippen molar-refractivity contribution in [2.75, 3.05) is 12.9 Å². The Morgan fingerprint density at radius 1 is 1.32 bits per heavy atom. The molecule has 2 atom stereocenters. The van der Waals surface area contributed by atoms with Gasteiger partial charge >= 0.3 is 0 Å². The molecule has 2 rings (SSSR count). The van der Waals surface area contributed by atoms with Gasteiger partial charge in [0.25, 0.3) is 10.1 Å². The van der Waals surface area contributed by atoms with Crippen molar-refractivity contribution in [2.45, 2.75) is 25.5 Å². The minimum absolute atomic E-state index is 0.0710. The molecule has 0 amide bonds. The standard InChI is InChI=1S/C13H17NO4S/c1-10-12(8-9-17-19(2,15)16)14-13(18-10)11-6-4-3-5-7-11/h3-7,10,12H,8-9H2,1-2H3. The second-order valence-corrected chi connectivity index (χ2v) is 6.15. The third-order valence-electron chi connectivity index (χ3n) is 2.85. The number of nitrogens with zero attached hydrogens (tertiary/aromatic N) is 1. The van der Waals surface area contributed by atoms with E-state index in [9.17, 15) is 8.42 Å². The minimum atomic E-state index is -3.39. The van der Waals surface area contributed by atoms with Crippen LogP contribution >= 0.6 is 0 Å². The van der Waals surface area contributed by atoms with E-state index in [1.54, 1.807) is 0 Å². The summed E-state index contributed by atoms with van der Waals surface area (Å²) in [7, 11) is -3.39. The van der Waals surface area contributed by atoms with Crippen molar-refractivity contribution in [1.82, 2.24) is 0 Å². The van der Waals surface area contributed by atoms with Crippen LogP contribution in [0.3, 0.4) is 0 Å². The van der Waals surface area contributed by atoms with Gasteiger partial charge in [0, 0.05) is 5.56 Å². The van der Waals surface area contributed by atoms with E-state index in [1.807, 2.05) is 37.3 Å². The van der Waals surface area contributed by atoms with E-state index in [1.165, 1.54) is 0 Å². The molecule has 0 fully saturated rings. The molecule has 104 valence electrons. The van der Waals surface area contributed by atoms with Crippen molar-refractivity contribution < 1.29 is 17.3 Å². The highest BCUT2D eigenvalue weighted by molar-refractivity contribution is 7.85. The lowest BCUT2D eigenvalue weighted by Gasteiger charge is -2.11. The van der Waals surface area contributed by atoms with Gasteiger partial charge in [0.15, 0.2) is 0 Å². The number of aliphatic imine (C=N–C) groups is 1. The maximum Gasteiger partial charge on any atom is 0.264 e. The van der Waals surface area contributed by atoms with Gasteiger partial charge in [-0.1, -0.05) is 18.2 Å². The van der Waals surface area contributed by atoms with Crippen molar-refractivity contribution in [3.05, 3.63) is 35.9 Å². The van der Waals surface area contributed by atoms with Crippen molar-refractivity contribution in [2.24, 2.45) is 4.99 Å². The Labute approximate surface area is 113 Å². The normalized spacial score (nSPS) is 22.9. The fourth-order valence-corrected chi connectivity index (χ4v) is 2.28. The molecule has 1 aromatic carbocycles. The summed E-state index contributed by atoms with van der Waals surface area (Å²) in [6.07, 6.45) is 1.49. The summed E-state index contributed by atoms with van der Waals surface area (Å²) < 4.78 is 32.2. The quantitative estimate of drug-likeness (QED) is 0.770. The Morgan fingerprint density at radius 2 is 2.00 bits per heavy atom. The second kappa shape index (κ2) is 5.71. The van der Waals surface area contributed by atoms with Crippen LogP contribution in [-0.2, 0) is 19.0 Å². The van der Waals surface area contributed by atoms with Crippen LogP contribution in [0.5, 0.6) is 0 Å². The zero-order valence-electron chi connectivity index (χ0n) is 10.9. The number of hydrogen-bond donors (Lipinski definition) is 0. The van der Waals surface area contributed by atoms with Gasteiger partial charge in [-0.05, 0) is 25.5 Å². The van der Waals surface area contributed by atoms with Crippen LogP contribution in [0.4, 0.5) is 0 Å². The molecule has 0 bridgehead atoms. The van der Waals surface area contributed by atoms with E-state index in [0.717, 1.165) is 11.8 Å². The zero-order chi connectivity index (χ0) is 13.9. The largest absolute Gasteiger partial charge is 0.472 e. The van der Waals surface area contributed by atoms with Gasteiger partial charge in [-0.2, -0.15) is 8.42 Å². The highest BCUT2D eigenvalue weighted by atomic mass is 32.2. The first-order valence-electron chi connectivity index (χ1n) is 6.10. The van der Waals surface area contributed by atoms with Gasteiger partial charge in [0.05, 0.1) is 18.9 Å². The molecule has 1 aliphatic rings. The lowest BCUT2D eigenvalue weighted by atomic mass is 10.1. The van der Waals surface area contributed by atoms with Crippen molar-refractivity contribution in [1.29, 1.82) is 0 Å². The molecule has 0 radical (unpaired) electrons. The highest BCUT2D eigenvalue weighted by Gasteiger charge is 2.27. The molecule has 0 aromatic heterocycles. The van der Waals surface area contributed by atoms with E-state index in [-0.39, 0.29) is 18.8 Å². The Bertz CT molecular complexity index is 553. The zero-order valence-corrected chi connectivity index (χ0v) is 11.8. The molecular formula is C13H17NO4S. The second-order valence-electron chi connectivity index (χ2n) is 4.51. The first kappa shape index (κ1) is 14.0. The van der Waals surface area contributed by atoms with Crippen molar-refractivity contribution >= 4 is 16.0 Å². The SMILES string of the molecule is CC1OC(c2ccccc2)=NC1CCOS(C)(=O)=O. The van der Waals surface area contributed by atoms with Crippen LogP contribution in [0, 0.1) is 0 Å². The molecule has 2 unspecified atom stereocenters. The summed E-state index contributed by atoms with van der Waals surface area (Å²) in [6, 6.07) is 9.57. The van der Waals surface area contributed by atoms with Crippen LogP contribution in [0.2, 0.25) is 0 Å². The number of ether oxygens (including phenoxy) is 1. The predicted octanol–water partition coefficient (Wildman–Crippen LogP) is 1.59. The molecule has 6 heteroatoms. The van der Waals surface area contributed by atoms with Gasteiger partial charge in [-0.15, -0.1) is 0 Å². The lowest BCUT2D eigenvalue weighted by Crippen LogP contribution is -2.21. The maximum atomic E-state index is 10.9. The fraction of sp³-hybridized carbons (Fsp3) is 0.462. The molecule has 19 heavy (non-hydrogen) atoms. The minimum Gasteiger partial charge on any atom is -0.472 e. The molecule has 0 aliphatic carbocycles. The smallest absolute Gasteiger partial charge is 0.264 e. The molecule has 1 aliphatic heterocycles. The Balaban J connectivity index is 1.97. The van der Waals surface area contributed by atoms with E-state index in [4.69, 9.17) is 8.92 Å². The topological polar surface area (TPSA) is 65.0 Å². The average molecular weight is 283 g/mol. The van der Waals surface area contributed by atoms with Crippen molar-refractivity contribution in [3.63, 3.8) is 0 Å². The van der Waals surface area contributed by atoms with Crippen LogP contribution < -0.4 is 0 Å². The first-order valence-corrected chi connectivity index (χ1v) is 7.91. The van der Waals surface area contributed by atoms with E-state index in [2.05, 4.69) is 4.99 Å². The van der Waals surface area contributed by atoms with Gasteiger partial charge in [0.2, 0.25) is 5.90 Å². The molecule has 0 saturated carbocycles. The fourth-order valence-electron chi connectivity index (χ4n) is 1.88. The molecule has 1 heterocycles. The van der Waals surface area contributed by atoms with Gasteiger partial charge in [-0.3, -0.25) is 4.18 Å². The van der Waals surface area contributed by atoms with Gasteiger partial charge in [-0.25, -0.2) is 4.99 Å². The van der Waals surface area contributed by atoms with E-state index in [0.29, 0.717) is 12.3 Å². The summed E-state index contributed by atoms with van der Waals surface area (Å²) in [5.74, 6) is 0.609. The summed E-state index contributed by atoms with van der Waals surface area (Å²) in [5, 5.41) is 0. The number of rotatable bonds is 5. The van der Waals surface area contributed by atoms with Crippen LogP contribution in [0.1, 0.15) is 18.9 Å². The average Bonchev–Trinajstić information content (AvgIpc) is 2.71. The molecule has 0 spiro atoms. The lowest BCUT2D eigenvalue weighted by molar-refractivity contribution is 0.194. The summed E-state index contributed by atoms with van der Waals surface area (Å²) in [6.45, 7) is 2.05. The third-order valence-corrected chi connectivity index (χ3v) is 3.45. The maximum absolute atomic E-state index is 10.9. The first-order chi connectivity index (χ1) is 8.96. The Kier molecular flexibility index (Phi) is 4.21. The van der Waals surface area contributed by atoms with Crippen LogP contribution in [-0.4, -0.2) is 39.3 Å². The molecular weight excluding hydrogens is 266 g/mol. The van der Waals surface area contributed by atoms with Gasteiger partial charge in [0.1, 0.15) is 6.10 Å². The van der Waals surface area contributed by atoms with Crippen molar-refractivity contribution in [3.8, 4) is 0 Å². The van der Waals surface area contributed by atoms with E-state index < -0.39 is 10.1 Å². The molecule has 1 aromatic rings. The number of hydrogen-bond acceptors (Lipinski definition) is 5. The van der Waals surface area contributed by atoms with E-state index >= 15 is 0 Å².